The van der Waals surface area contributed by atoms with Crippen molar-refractivity contribution in [3.63, 3.8) is 0 Å². The number of benzene rings is 1. The van der Waals surface area contributed by atoms with E-state index in [0.717, 1.165) is 0 Å². The Bertz CT molecular complexity index is 141. The summed E-state index contributed by atoms with van der Waals surface area (Å²) in [5, 5.41) is 0. The van der Waals surface area contributed by atoms with Gasteiger partial charge in [-0.25, -0.2) is 0 Å². The third-order valence-corrected chi connectivity index (χ3v) is 2.17. The Labute approximate surface area is 195 Å². The van der Waals surface area contributed by atoms with Gasteiger partial charge in [0.25, 0.3) is 0 Å². The Kier molecular flexibility index (Phi) is 170. The molecule has 0 aromatic heterocycles. The Morgan fingerprint density at radius 1 is 0.346 bits per heavy atom. The first-order valence-electron chi connectivity index (χ1n) is 11.1. The van der Waals surface area contributed by atoms with Crippen molar-refractivity contribution in [1.29, 1.82) is 0 Å². The maximum absolute atomic E-state index is 2.12. The van der Waals surface area contributed by atoms with Crippen LogP contribution in [-0.4, -0.2) is 0 Å². The lowest BCUT2D eigenvalue weighted by Crippen LogP contribution is -1.85. The van der Waals surface area contributed by atoms with Crippen LogP contribution in [0.4, 0.5) is 0 Å². The summed E-state index contributed by atoms with van der Waals surface area (Å²) in [5.74, 6) is 0. The van der Waals surface area contributed by atoms with E-state index < -0.39 is 0 Å². The number of halogens is 2. The van der Waals surface area contributed by atoms with Gasteiger partial charge >= 0.3 is 0 Å². The molecule has 1 aliphatic rings. The molecule has 0 nitrogen and oxygen atoms in total. The number of hydrogen-bond donors (Lipinski definition) is 0. The molecule has 1 fully saturated rings. The summed E-state index contributed by atoms with van der Waals surface area (Å²) in [6.07, 6.45) is 9.00. The van der Waals surface area contributed by atoms with E-state index in [1.807, 2.05) is 119 Å². The van der Waals surface area contributed by atoms with Crippen LogP contribution >= 0.6 is 37.2 Å². The van der Waals surface area contributed by atoms with Gasteiger partial charge in [-0.3, -0.25) is 0 Å². The molecule has 0 heterocycles. The van der Waals surface area contributed by atoms with E-state index in [9.17, 15) is 0 Å². The summed E-state index contributed by atoms with van der Waals surface area (Å²) in [4.78, 5) is 0. The fourth-order valence-electron chi connectivity index (χ4n) is 1.45. The van der Waals surface area contributed by atoms with Crippen LogP contribution in [0.1, 0.15) is 123 Å². The molecule has 2 heteroatoms. The molecule has 0 radical (unpaired) electrons. The van der Waals surface area contributed by atoms with Crippen molar-refractivity contribution in [2.75, 3.05) is 0 Å². The van der Waals surface area contributed by atoms with Gasteiger partial charge in [0, 0.05) is 38.7 Å². The first-order chi connectivity index (χ1) is 13.0. The normalized spacial score (nSPS) is 9.00. The molecular formula is C24H56I2. The predicted octanol–water partition coefficient (Wildman–Crippen LogP) is 12.2. The van der Waals surface area contributed by atoms with Crippen molar-refractivity contribution in [2.45, 2.75) is 122 Å². The van der Waals surface area contributed by atoms with Gasteiger partial charge in [0.15, 0.2) is 0 Å². The van der Waals surface area contributed by atoms with E-state index in [0.29, 0.717) is 0 Å². The smallest absolute Gasteiger partial charge is 0 e. The molecule has 0 bridgehead atoms. The van der Waals surface area contributed by atoms with Gasteiger partial charge in [-0.2, -0.15) is 0 Å². The number of hydrogen-bond acceptors (Lipinski definition) is 0. The highest BCUT2D eigenvalue weighted by Gasteiger charge is 1.95. The topological polar surface area (TPSA) is 0 Å². The van der Waals surface area contributed by atoms with E-state index in [4.69, 9.17) is 0 Å². The third-order valence-electron chi connectivity index (χ3n) is 2.17. The van der Waals surface area contributed by atoms with Crippen molar-refractivity contribution in [2.24, 2.45) is 0 Å². The molecule has 2 rings (SSSR count). The minimum absolute atomic E-state index is 0. The molecule has 0 aliphatic heterocycles. The molecular weight excluding hydrogens is 542 g/mol. The van der Waals surface area contributed by atoms with Gasteiger partial charge < -0.3 is 0 Å². The lowest BCUT2D eigenvalue weighted by atomic mass is 10.0. The van der Waals surface area contributed by atoms with E-state index in [1.54, 1.807) is 0 Å². The maximum Gasteiger partial charge on any atom is 0 e. The fraction of sp³-hybridized carbons (Fsp3) is 0.750. The van der Waals surface area contributed by atoms with Gasteiger partial charge in [-0.05, 0) is 0 Å². The monoisotopic (exact) mass is 598 g/mol. The lowest BCUT2D eigenvalue weighted by Gasteiger charge is -2.05. The first-order valence-corrected chi connectivity index (χ1v) is 17.4. The number of rotatable bonds is 0. The molecule has 1 saturated carbocycles. The SMILES string of the molecule is C1CCCCC1.CC.CC.CC.CC.CC.CC.II.[HH].c1ccccc1. The molecule has 0 N–H and O–H groups in total. The van der Waals surface area contributed by atoms with Crippen molar-refractivity contribution in [3.05, 3.63) is 36.4 Å². The Balaban J connectivity index is -0.0000000270. The van der Waals surface area contributed by atoms with Crippen LogP contribution in [0.5, 0.6) is 0 Å². The second-order valence-corrected chi connectivity index (χ2v) is 3.28. The molecule has 1 aliphatic carbocycles. The van der Waals surface area contributed by atoms with Crippen LogP contribution in [0.2, 0.25) is 0 Å². The van der Waals surface area contributed by atoms with Crippen LogP contribution < -0.4 is 0 Å². The van der Waals surface area contributed by atoms with Crippen LogP contribution in [0, 0.1) is 0 Å². The lowest BCUT2D eigenvalue weighted by molar-refractivity contribution is 0.504. The van der Waals surface area contributed by atoms with Crippen LogP contribution in [0.3, 0.4) is 0 Å². The molecule has 1 aromatic carbocycles. The standard InChI is InChI=1S/C6H12.C6H6.6C2H6.I2.H2/c2*1-2-4-6-5-3-1;7*1-2;/h1-6H2;1-6H;6*1-2H3;;1H. The van der Waals surface area contributed by atoms with E-state index in [-0.39, 0.29) is 1.43 Å². The Hall–Kier alpha value is 0.680. The fourth-order valence-corrected chi connectivity index (χ4v) is 1.45. The summed E-state index contributed by atoms with van der Waals surface area (Å²) in [6, 6.07) is 12.0. The zero-order valence-corrected chi connectivity index (χ0v) is 24.8. The van der Waals surface area contributed by atoms with Crippen LogP contribution in [-0.2, 0) is 0 Å². The quantitative estimate of drug-likeness (QED) is 0.261. The molecule has 26 heavy (non-hydrogen) atoms. The summed E-state index contributed by atoms with van der Waals surface area (Å²) < 4.78 is 0. The summed E-state index contributed by atoms with van der Waals surface area (Å²) in [6.45, 7) is 24.0. The first kappa shape index (κ1) is 45.4. The van der Waals surface area contributed by atoms with Crippen molar-refractivity contribution >= 4 is 37.2 Å². The molecule has 0 spiro atoms. The van der Waals surface area contributed by atoms with Gasteiger partial charge in [0.05, 0.1) is 0 Å². The van der Waals surface area contributed by atoms with Crippen LogP contribution in [0.15, 0.2) is 36.4 Å². The Morgan fingerprint density at radius 2 is 0.423 bits per heavy atom. The molecule has 0 amide bonds. The summed E-state index contributed by atoms with van der Waals surface area (Å²) in [5.41, 5.74) is 0. The van der Waals surface area contributed by atoms with Crippen molar-refractivity contribution in [3.8, 4) is 0 Å². The summed E-state index contributed by atoms with van der Waals surface area (Å²) >= 11 is 4.24. The zero-order chi connectivity index (χ0) is 22.5. The van der Waals surface area contributed by atoms with E-state index >= 15 is 0 Å². The Morgan fingerprint density at radius 3 is 0.500 bits per heavy atom. The summed E-state index contributed by atoms with van der Waals surface area (Å²) in [7, 11) is 0. The van der Waals surface area contributed by atoms with E-state index in [2.05, 4.69) is 37.2 Å². The second-order valence-electron chi connectivity index (χ2n) is 3.28. The predicted molar refractivity (Wildman–Crippen MR) is 152 cm³/mol. The van der Waals surface area contributed by atoms with Gasteiger partial charge in [0.2, 0.25) is 0 Å². The zero-order valence-electron chi connectivity index (χ0n) is 20.5. The largest absolute Gasteiger partial charge is 0.0683 e. The average molecular weight is 599 g/mol. The van der Waals surface area contributed by atoms with Crippen molar-refractivity contribution < 1.29 is 1.43 Å². The minimum atomic E-state index is 0. The molecule has 0 saturated heterocycles. The van der Waals surface area contributed by atoms with Gasteiger partial charge in [-0.15, -0.1) is 0 Å². The molecule has 0 unspecified atom stereocenters. The highest BCUT2D eigenvalue weighted by Crippen LogP contribution is 2.15. The van der Waals surface area contributed by atoms with Crippen LogP contribution in [0.25, 0.3) is 0 Å². The highest BCUT2D eigenvalue weighted by atomic mass is 128. The third kappa shape index (κ3) is 86.1. The average Bonchev–Trinajstić information content (AvgIpc) is 2.86. The van der Waals surface area contributed by atoms with E-state index in [1.165, 1.54) is 38.5 Å². The maximum atomic E-state index is 2.12. The second kappa shape index (κ2) is 97.3. The molecule has 166 valence electrons. The highest BCUT2D eigenvalue weighted by molar-refractivity contribution is 15.0. The molecule has 0 atom stereocenters. The molecule has 1 aromatic rings. The van der Waals surface area contributed by atoms with Gasteiger partial charge in [0.1, 0.15) is 0 Å². The van der Waals surface area contributed by atoms with Crippen molar-refractivity contribution in [1.82, 2.24) is 0 Å². The minimum Gasteiger partial charge on any atom is -0.0683 e. The van der Waals surface area contributed by atoms with Gasteiger partial charge in [-0.1, -0.05) is 158 Å².